The minimum Gasteiger partial charge on any atom is -0.458 e. The number of ketones is 1. The highest BCUT2D eigenvalue weighted by atomic mass is 16.5. The molecule has 4 fully saturated rings. The number of nitrogens with two attached hydrogens (primary N) is 1. The molecule has 10 atom stereocenters. The Morgan fingerprint density at radius 2 is 1.73 bits per heavy atom. The average molecular weight is 512 g/mol. The van der Waals surface area contributed by atoms with Crippen LogP contribution < -0.4 is 5.73 Å². The Morgan fingerprint density at radius 1 is 1.05 bits per heavy atom. The second kappa shape index (κ2) is 9.79. The number of hydrogen-bond acceptors (Lipinski definition) is 5. The van der Waals surface area contributed by atoms with E-state index in [0.717, 1.165) is 43.3 Å². The summed E-state index contributed by atoms with van der Waals surface area (Å²) in [5.41, 5.74) is 9.77. The Morgan fingerprint density at radius 3 is 2.32 bits per heavy atom. The standard InChI is InChI=1S/C32H49NO4/c1-18(2)10-9-11-22(20(4)34)28-26(37-21(5)35)17-32(8)29(28)24(33)16-27-30(6)14-13-25(36)19(3)23(30)12-15-31(27,32)7/h9-11,19,23-27,29,36H,12-17,33H2,1-8H3/b11-9+,28-22+/t19-,23-,24-,25+,26-,27-,29-,30-,31-,32-/m0/s1. The first-order chi connectivity index (χ1) is 17.2. The molecule has 0 aromatic heterocycles. The molecule has 0 unspecified atom stereocenters. The summed E-state index contributed by atoms with van der Waals surface area (Å²) in [6, 6.07) is -0.123. The highest BCUT2D eigenvalue weighted by Gasteiger charge is 2.70. The molecule has 0 bridgehead atoms. The van der Waals surface area contributed by atoms with Crippen molar-refractivity contribution in [2.24, 2.45) is 45.7 Å². The average Bonchev–Trinajstić information content (AvgIpc) is 3.08. The van der Waals surface area contributed by atoms with Crippen LogP contribution in [0.25, 0.3) is 0 Å². The Kier molecular flexibility index (Phi) is 7.48. The van der Waals surface area contributed by atoms with Gasteiger partial charge in [-0.2, -0.15) is 0 Å². The maximum absolute atomic E-state index is 13.1. The van der Waals surface area contributed by atoms with Gasteiger partial charge in [-0.05, 0) is 98.9 Å². The summed E-state index contributed by atoms with van der Waals surface area (Å²) >= 11 is 0. The van der Waals surface area contributed by atoms with Crippen molar-refractivity contribution < 1.29 is 19.4 Å². The van der Waals surface area contributed by atoms with Crippen LogP contribution in [0.2, 0.25) is 0 Å². The van der Waals surface area contributed by atoms with Crippen LogP contribution in [0.3, 0.4) is 0 Å². The molecule has 0 saturated heterocycles. The Labute approximate surface area is 224 Å². The lowest BCUT2D eigenvalue weighted by Gasteiger charge is -2.68. The molecule has 4 aliphatic rings. The van der Waals surface area contributed by atoms with Crippen molar-refractivity contribution in [3.8, 4) is 0 Å². The highest BCUT2D eigenvalue weighted by molar-refractivity contribution is 5.97. The minimum atomic E-state index is -0.443. The van der Waals surface area contributed by atoms with E-state index in [9.17, 15) is 14.7 Å². The van der Waals surface area contributed by atoms with Gasteiger partial charge in [0.1, 0.15) is 6.10 Å². The molecule has 0 amide bonds. The zero-order valence-electron chi connectivity index (χ0n) is 24.3. The summed E-state index contributed by atoms with van der Waals surface area (Å²) in [6.07, 6.45) is 10.8. The zero-order chi connectivity index (χ0) is 27.5. The summed E-state index contributed by atoms with van der Waals surface area (Å²) in [5.74, 6) is 0.843. The van der Waals surface area contributed by atoms with Gasteiger partial charge in [0.05, 0.1) is 6.10 Å². The van der Waals surface area contributed by atoms with E-state index in [1.807, 2.05) is 32.1 Å². The van der Waals surface area contributed by atoms with Gasteiger partial charge in [0.15, 0.2) is 5.78 Å². The van der Waals surface area contributed by atoms with Crippen LogP contribution in [-0.2, 0) is 14.3 Å². The number of aliphatic hydroxyl groups excluding tert-OH is 1. The summed E-state index contributed by atoms with van der Waals surface area (Å²) in [6.45, 7) is 16.6. The van der Waals surface area contributed by atoms with Crippen LogP contribution in [0.1, 0.15) is 93.9 Å². The molecular weight excluding hydrogens is 462 g/mol. The van der Waals surface area contributed by atoms with Crippen molar-refractivity contribution in [2.75, 3.05) is 0 Å². The summed E-state index contributed by atoms with van der Waals surface area (Å²) in [4.78, 5) is 25.3. The number of carbonyl (C=O) groups is 2. The maximum atomic E-state index is 13.1. The van der Waals surface area contributed by atoms with Gasteiger partial charge in [-0.25, -0.2) is 0 Å². The van der Waals surface area contributed by atoms with Crippen LogP contribution in [0, 0.1) is 39.9 Å². The number of ether oxygens (including phenoxy) is 1. The van der Waals surface area contributed by atoms with E-state index < -0.39 is 6.10 Å². The lowest BCUT2D eigenvalue weighted by molar-refractivity contribution is -0.201. The minimum absolute atomic E-state index is 0.00747. The van der Waals surface area contributed by atoms with Gasteiger partial charge in [0.25, 0.3) is 0 Å². The first kappa shape index (κ1) is 28.3. The number of allylic oxidation sites excluding steroid dienone is 5. The molecule has 0 aromatic carbocycles. The molecule has 4 saturated carbocycles. The van der Waals surface area contributed by atoms with Gasteiger partial charge in [0, 0.05) is 24.5 Å². The van der Waals surface area contributed by atoms with E-state index in [2.05, 4.69) is 27.7 Å². The van der Waals surface area contributed by atoms with Gasteiger partial charge < -0.3 is 15.6 Å². The summed E-state index contributed by atoms with van der Waals surface area (Å²) in [5, 5.41) is 10.7. The Bertz CT molecular complexity index is 1040. The van der Waals surface area contributed by atoms with E-state index in [1.54, 1.807) is 6.92 Å². The van der Waals surface area contributed by atoms with Crippen molar-refractivity contribution in [1.29, 1.82) is 0 Å². The molecule has 5 heteroatoms. The first-order valence-electron chi connectivity index (χ1n) is 14.3. The van der Waals surface area contributed by atoms with Crippen molar-refractivity contribution in [1.82, 2.24) is 0 Å². The lowest BCUT2D eigenvalue weighted by atomic mass is 9.36. The third-order valence-electron chi connectivity index (χ3n) is 11.5. The second-order valence-electron chi connectivity index (χ2n) is 13.7. The number of fused-ring (bicyclic) bond motifs is 5. The Balaban J connectivity index is 1.86. The topological polar surface area (TPSA) is 89.6 Å². The van der Waals surface area contributed by atoms with Crippen LogP contribution in [-0.4, -0.2) is 35.1 Å². The zero-order valence-corrected chi connectivity index (χ0v) is 24.3. The highest BCUT2D eigenvalue weighted by Crippen LogP contribution is 2.74. The van der Waals surface area contributed by atoms with Crippen molar-refractivity contribution in [3.63, 3.8) is 0 Å². The molecule has 0 aromatic rings. The van der Waals surface area contributed by atoms with E-state index >= 15 is 0 Å². The largest absolute Gasteiger partial charge is 0.458 e. The fraction of sp³-hybridized carbons (Fsp3) is 0.750. The monoisotopic (exact) mass is 511 g/mol. The molecule has 3 N–H and O–H groups in total. The van der Waals surface area contributed by atoms with Gasteiger partial charge in [0.2, 0.25) is 0 Å². The van der Waals surface area contributed by atoms with Crippen LogP contribution in [0.15, 0.2) is 34.9 Å². The fourth-order valence-electron chi connectivity index (χ4n) is 9.64. The van der Waals surface area contributed by atoms with Crippen LogP contribution in [0.5, 0.6) is 0 Å². The third kappa shape index (κ3) is 4.38. The van der Waals surface area contributed by atoms with Gasteiger partial charge >= 0.3 is 5.97 Å². The predicted octanol–water partition coefficient (Wildman–Crippen LogP) is 5.91. The van der Waals surface area contributed by atoms with E-state index in [4.69, 9.17) is 10.5 Å². The molecule has 0 radical (unpaired) electrons. The first-order valence-corrected chi connectivity index (χ1v) is 14.3. The van der Waals surface area contributed by atoms with Crippen molar-refractivity contribution in [2.45, 2.75) is 112 Å². The second-order valence-corrected chi connectivity index (χ2v) is 13.7. The number of hydrogen-bond donors (Lipinski definition) is 2. The normalized spacial score (nSPS) is 46.5. The van der Waals surface area contributed by atoms with E-state index in [0.29, 0.717) is 29.7 Å². The van der Waals surface area contributed by atoms with Crippen molar-refractivity contribution >= 4 is 11.8 Å². The SMILES string of the molecule is CC(=O)O[C@H]1C[C@@]2(C)[C@H](/C1=C(\C=C\C=C(C)C)C(C)=O)[C@@H](N)C[C@H]1[C@@]3(C)CC[C@@H](O)[C@@H](C)[C@@H]3CC[C@@]12C. The smallest absolute Gasteiger partial charge is 0.303 e. The van der Waals surface area contributed by atoms with Gasteiger partial charge in [-0.15, -0.1) is 0 Å². The summed E-state index contributed by atoms with van der Waals surface area (Å²) in [7, 11) is 0. The van der Waals surface area contributed by atoms with Crippen LogP contribution in [0.4, 0.5) is 0 Å². The molecule has 4 rings (SSSR count). The molecule has 5 nitrogen and oxygen atoms in total. The molecule has 37 heavy (non-hydrogen) atoms. The summed E-state index contributed by atoms with van der Waals surface area (Å²) < 4.78 is 5.99. The Hall–Kier alpha value is -1.72. The number of carbonyl (C=O) groups excluding carboxylic acids is 2. The van der Waals surface area contributed by atoms with Gasteiger partial charge in [-0.3, -0.25) is 9.59 Å². The lowest BCUT2D eigenvalue weighted by Crippen LogP contribution is -2.65. The molecule has 0 spiro atoms. The van der Waals surface area contributed by atoms with E-state index in [1.165, 1.54) is 6.92 Å². The van der Waals surface area contributed by atoms with Crippen LogP contribution >= 0.6 is 0 Å². The molecule has 4 aliphatic carbocycles. The number of esters is 1. The predicted molar refractivity (Wildman–Crippen MR) is 147 cm³/mol. The molecule has 206 valence electrons. The molecule has 0 heterocycles. The van der Waals surface area contributed by atoms with Crippen molar-refractivity contribution in [3.05, 3.63) is 34.9 Å². The number of aliphatic hydroxyl groups is 1. The maximum Gasteiger partial charge on any atom is 0.303 e. The van der Waals surface area contributed by atoms with Gasteiger partial charge in [-0.1, -0.05) is 51.5 Å². The quantitative estimate of drug-likeness (QED) is 0.278. The third-order valence-corrected chi connectivity index (χ3v) is 11.5. The molecule has 0 aliphatic heterocycles. The fourth-order valence-corrected chi connectivity index (χ4v) is 9.64. The number of Topliss-reactive ketones (excluding diaryl/α,β-unsaturated/α-hetero) is 1. The van der Waals surface area contributed by atoms with E-state index in [-0.39, 0.29) is 46.1 Å². The number of rotatable bonds is 4. The molecular formula is C32H49NO4.